The molecule has 0 aliphatic heterocycles. The number of sulfonamides is 1. The molecule has 4 N–H and O–H groups in total. The number of anilines is 1. The number of benzene rings is 1. The van der Waals surface area contributed by atoms with Gasteiger partial charge < -0.3 is 5.73 Å². The zero-order valence-corrected chi connectivity index (χ0v) is 8.83. The van der Waals surface area contributed by atoms with E-state index >= 15 is 0 Å². The van der Waals surface area contributed by atoms with Crippen molar-refractivity contribution >= 4 is 39.9 Å². The molecular weight excluding hydrogens is 232 g/mol. The second-order valence-electron chi connectivity index (χ2n) is 2.39. The first kappa shape index (κ1) is 10.6. The van der Waals surface area contributed by atoms with Gasteiger partial charge in [0.05, 0.1) is 5.02 Å². The summed E-state index contributed by atoms with van der Waals surface area (Å²) in [6.45, 7) is 0. The maximum absolute atomic E-state index is 10.9. The van der Waals surface area contributed by atoms with E-state index in [1.54, 1.807) is 0 Å². The molecule has 0 heterocycles. The third kappa shape index (κ3) is 2.28. The van der Waals surface area contributed by atoms with Gasteiger partial charge in [-0.25, -0.2) is 13.6 Å². The van der Waals surface area contributed by atoms with Crippen LogP contribution in [0.4, 0.5) is 5.69 Å². The van der Waals surface area contributed by atoms with Gasteiger partial charge in [0.15, 0.2) is 0 Å². The molecule has 13 heavy (non-hydrogen) atoms. The lowest BCUT2D eigenvalue weighted by atomic mass is 10.3. The summed E-state index contributed by atoms with van der Waals surface area (Å²) < 4.78 is 21.9. The van der Waals surface area contributed by atoms with Crippen LogP contribution in [0.15, 0.2) is 21.9 Å². The summed E-state index contributed by atoms with van der Waals surface area (Å²) >= 11 is 9.56. The topological polar surface area (TPSA) is 86.2 Å². The Morgan fingerprint density at radius 1 is 1.38 bits per heavy atom. The number of hydrogen-bond donors (Lipinski definition) is 3. The Kier molecular flexibility index (Phi) is 2.76. The van der Waals surface area contributed by atoms with E-state index in [1.165, 1.54) is 12.1 Å². The van der Waals surface area contributed by atoms with E-state index in [-0.39, 0.29) is 9.92 Å². The number of halogens is 1. The zero-order valence-electron chi connectivity index (χ0n) is 6.36. The van der Waals surface area contributed by atoms with Gasteiger partial charge in [0, 0.05) is 10.6 Å². The Hall–Kier alpha value is -0.430. The summed E-state index contributed by atoms with van der Waals surface area (Å²) in [5, 5.41) is 4.89. The minimum Gasteiger partial charge on any atom is -0.398 e. The van der Waals surface area contributed by atoms with Crippen LogP contribution < -0.4 is 10.9 Å². The van der Waals surface area contributed by atoms with Gasteiger partial charge in [0.1, 0.15) is 4.90 Å². The normalized spacial score (nSPS) is 11.6. The van der Waals surface area contributed by atoms with Crippen LogP contribution in [0.1, 0.15) is 0 Å². The molecule has 7 heteroatoms. The SMILES string of the molecule is Nc1cc(Cl)c(S(N)(=O)=O)cc1S. The molecule has 0 saturated heterocycles. The molecule has 1 rings (SSSR count). The van der Waals surface area contributed by atoms with Gasteiger partial charge in [-0.15, -0.1) is 12.6 Å². The Morgan fingerprint density at radius 2 is 1.92 bits per heavy atom. The number of hydrogen-bond acceptors (Lipinski definition) is 4. The summed E-state index contributed by atoms with van der Waals surface area (Å²) in [6, 6.07) is 2.51. The van der Waals surface area contributed by atoms with Crippen molar-refractivity contribution in [2.75, 3.05) is 5.73 Å². The molecule has 0 atom stereocenters. The first-order valence-electron chi connectivity index (χ1n) is 3.13. The molecule has 0 fully saturated rings. The second-order valence-corrected chi connectivity index (χ2v) is 4.81. The quantitative estimate of drug-likeness (QED) is 0.501. The molecule has 0 bridgehead atoms. The summed E-state index contributed by atoms with van der Waals surface area (Å²) in [7, 11) is -3.81. The molecule has 4 nitrogen and oxygen atoms in total. The van der Waals surface area contributed by atoms with E-state index in [0.717, 1.165) is 0 Å². The lowest BCUT2D eigenvalue weighted by molar-refractivity contribution is 0.597. The maximum Gasteiger partial charge on any atom is 0.239 e. The number of nitrogens with two attached hydrogens (primary N) is 2. The third-order valence-corrected chi connectivity index (χ3v) is 3.15. The van der Waals surface area contributed by atoms with Crippen molar-refractivity contribution in [3.63, 3.8) is 0 Å². The molecule has 0 unspecified atom stereocenters. The number of primary sulfonamides is 1. The number of nitrogen functional groups attached to an aromatic ring is 1. The second kappa shape index (κ2) is 3.38. The highest BCUT2D eigenvalue weighted by Gasteiger charge is 2.14. The van der Waals surface area contributed by atoms with Crippen LogP contribution in [0.2, 0.25) is 5.02 Å². The van der Waals surface area contributed by atoms with Crippen molar-refractivity contribution in [2.24, 2.45) is 5.14 Å². The van der Waals surface area contributed by atoms with Crippen molar-refractivity contribution in [1.29, 1.82) is 0 Å². The highest BCUT2D eigenvalue weighted by Crippen LogP contribution is 2.28. The molecule has 0 saturated carbocycles. The summed E-state index contributed by atoms with van der Waals surface area (Å²) in [5.41, 5.74) is 5.74. The van der Waals surface area contributed by atoms with Crippen molar-refractivity contribution in [2.45, 2.75) is 9.79 Å². The van der Waals surface area contributed by atoms with Gasteiger partial charge in [0.2, 0.25) is 10.0 Å². The Bertz CT molecular complexity index is 444. The highest BCUT2D eigenvalue weighted by molar-refractivity contribution is 7.89. The van der Waals surface area contributed by atoms with Gasteiger partial charge in [0.25, 0.3) is 0 Å². The highest BCUT2D eigenvalue weighted by atomic mass is 35.5. The van der Waals surface area contributed by atoms with Crippen molar-refractivity contribution in [1.82, 2.24) is 0 Å². The van der Waals surface area contributed by atoms with E-state index < -0.39 is 10.0 Å². The number of thiol groups is 1. The minimum absolute atomic E-state index is 0.00204. The molecule has 0 radical (unpaired) electrons. The van der Waals surface area contributed by atoms with Crippen molar-refractivity contribution < 1.29 is 8.42 Å². The fourth-order valence-electron chi connectivity index (χ4n) is 0.776. The van der Waals surface area contributed by atoms with E-state index in [9.17, 15) is 8.42 Å². The van der Waals surface area contributed by atoms with E-state index in [1.807, 2.05) is 0 Å². The van der Waals surface area contributed by atoms with E-state index in [0.29, 0.717) is 10.6 Å². The van der Waals surface area contributed by atoms with Crippen LogP contribution in [0.5, 0.6) is 0 Å². The van der Waals surface area contributed by atoms with Gasteiger partial charge in [-0.3, -0.25) is 0 Å². The molecule has 0 spiro atoms. The fourth-order valence-corrected chi connectivity index (χ4v) is 2.16. The average Bonchev–Trinajstić information content (AvgIpc) is 1.94. The zero-order chi connectivity index (χ0) is 10.2. The molecular formula is C6H7ClN2O2S2. The molecule has 0 aromatic heterocycles. The molecule has 0 amide bonds. The average molecular weight is 239 g/mol. The Morgan fingerprint density at radius 3 is 2.38 bits per heavy atom. The lowest BCUT2D eigenvalue weighted by Crippen LogP contribution is -2.13. The van der Waals surface area contributed by atoms with Crippen LogP contribution >= 0.6 is 24.2 Å². The van der Waals surface area contributed by atoms with Crippen LogP contribution in [0, 0.1) is 0 Å². The van der Waals surface area contributed by atoms with Crippen LogP contribution in [-0.2, 0) is 10.0 Å². The predicted molar refractivity (Wildman–Crippen MR) is 54.5 cm³/mol. The van der Waals surface area contributed by atoms with Crippen molar-refractivity contribution in [3.05, 3.63) is 17.2 Å². The molecule has 72 valence electrons. The largest absolute Gasteiger partial charge is 0.398 e. The van der Waals surface area contributed by atoms with Crippen LogP contribution in [0.3, 0.4) is 0 Å². The first-order valence-corrected chi connectivity index (χ1v) is 5.50. The monoisotopic (exact) mass is 238 g/mol. The van der Waals surface area contributed by atoms with Gasteiger partial charge in [-0.05, 0) is 12.1 Å². The van der Waals surface area contributed by atoms with Gasteiger partial charge >= 0.3 is 0 Å². The Balaban J connectivity index is 3.50. The Labute approximate surface area is 86.3 Å². The summed E-state index contributed by atoms with van der Waals surface area (Å²) in [6.07, 6.45) is 0. The maximum atomic E-state index is 10.9. The first-order chi connectivity index (χ1) is 5.82. The van der Waals surface area contributed by atoms with E-state index in [4.69, 9.17) is 22.5 Å². The van der Waals surface area contributed by atoms with Crippen LogP contribution in [0.25, 0.3) is 0 Å². The van der Waals surface area contributed by atoms with Crippen molar-refractivity contribution in [3.8, 4) is 0 Å². The summed E-state index contributed by atoms with van der Waals surface area (Å²) in [4.78, 5) is 0.154. The van der Waals surface area contributed by atoms with Gasteiger partial charge in [-0.2, -0.15) is 0 Å². The summed E-state index contributed by atoms with van der Waals surface area (Å²) in [5.74, 6) is 0. The number of rotatable bonds is 1. The predicted octanol–water partition coefficient (Wildman–Crippen LogP) is 0.858. The fraction of sp³-hybridized carbons (Fsp3) is 0. The molecule has 1 aromatic rings. The van der Waals surface area contributed by atoms with Gasteiger partial charge in [-0.1, -0.05) is 11.6 Å². The van der Waals surface area contributed by atoms with E-state index in [2.05, 4.69) is 12.6 Å². The molecule has 0 aliphatic carbocycles. The smallest absolute Gasteiger partial charge is 0.239 e. The minimum atomic E-state index is -3.81. The third-order valence-electron chi connectivity index (χ3n) is 1.39. The lowest BCUT2D eigenvalue weighted by Gasteiger charge is -2.04. The molecule has 1 aromatic carbocycles. The standard InChI is InChI=1S/C6H7ClN2O2S2/c7-3-1-4(8)5(12)2-6(3)13(9,10)11/h1-2,12H,8H2,(H2,9,10,11). The van der Waals surface area contributed by atoms with Crippen LogP contribution in [-0.4, -0.2) is 8.42 Å². The molecule has 0 aliphatic rings.